The molecule has 0 saturated carbocycles. The molecule has 4 rings (SSSR count). The fraction of sp³-hybridized carbons (Fsp3) is 0.240. The molecule has 3 aromatic carbocycles. The number of carbonyl (C=O) groups is 1. The van der Waals surface area contributed by atoms with Crippen LogP contribution in [0, 0.1) is 13.8 Å². The number of aryl methyl sites for hydroxylation is 2. The van der Waals surface area contributed by atoms with Gasteiger partial charge in [0.05, 0.1) is 17.1 Å². The van der Waals surface area contributed by atoms with Gasteiger partial charge < -0.3 is 14.8 Å². The van der Waals surface area contributed by atoms with Crippen LogP contribution in [0.1, 0.15) is 11.1 Å². The summed E-state index contributed by atoms with van der Waals surface area (Å²) in [5, 5.41) is 3.19. The molecule has 3 aromatic rings. The van der Waals surface area contributed by atoms with Crippen molar-refractivity contribution in [2.45, 2.75) is 24.8 Å². The summed E-state index contributed by atoms with van der Waals surface area (Å²) in [5.41, 5.74) is 2.34. The Bertz CT molecular complexity index is 1290. The van der Waals surface area contributed by atoms with Crippen molar-refractivity contribution in [1.82, 2.24) is 5.32 Å². The summed E-state index contributed by atoms with van der Waals surface area (Å²) in [4.78, 5) is 12.9. The molecule has 1 aliphatic rings. The number of carbonyl (C=O) groups excluding carboxylic acids is 1. The number of amides is 1. The average Bonchev–Trinajstić information content (AvgIpc) is 2.83. The van der Waals surface area contributed by atoms with E-state index in [0.717, 1.165) is 15.4 Å². The Morgan fingerprint density at radius 2 is 1.74 bits per heavy atom. The van der Waals surface area contributed by atoms with E-state index in [1.54, 1.807) is 18.2 Å². The van der Waals surface area contributed by atoms with Gasteiger partial charge in [0.2, 0.25) is 5.91 Å². The lowest BCUT2D eigenvalue weighted by molar-refractivity contribution is -0.120. The van der Waals surface area contributed by atoms with Gasteiger partial charge in [-0.05, 0) is 73.5 Å². The second kappa shape index (κ2) is 9.95. The maximum atomic E-state index is 13.5. The first-order valence-electron chi connectivity index (χ1n) is 10.7. The lowest BCUT2D eigenvalue weighted by Crippen LogP contribution is -2.45. The molecule has 7 nitrogen and oxygen atoms in total. The minimum Gasteiger partial charge on any atom is -0.486 e. The van der Waals surface area contributed by atoms with E-state index >= 15 is 0 Å². The number of hydrogen-bond acceptors (Lipinski definition) is 5. The van der Waals surface area contributed by atoms with Crippen molar-refractivity contribution in [1.29, 1.82) is 0 Å². The zero-order valence-electron chi connectivity index (χ0n) is 18.8. The Labute approximate surface area is 204 Å². The van der Waals surface area contributed by atoms with E-state index in [1.807, 2.05) is 38.1 Å². The lowest BCUT2D eigenvalue weighted by Gasteiger charge is -2.28. The number of nitrogens with one attached hydrogen (secondary N) is 1. The standard InChI is InChI=1S/C25H25ClN2O5S/c1-17-7-10-20(13-18(17)2)28(34(30,31)22-11-8-19(26)9-12-22)15-25(29)27-14-21-16-32-23-5-3-4-6-24(23)33-21/h3-13,21H,14-16H2,1-2H3,(H,27,29)/t21-/m0/s1. The number of ether oxygens (including phenoxy) is 2. The van der Waals surface area contributed by atoms with Crippen molar-refractivity contribution in [2.75, 3.05) is 24.0 Å². The van der Waals surface area contributed by atoms with Crippen molar-refractivity contribution < 1.29 is 22.7 Å². The van der Waals surface area contributed by atoms with Gasteiger partial charge in [-0.3, -0.25) is 9.10 Å². The summed E-state index contributed by atoms with van der Waals surface area (Å²) in [5.74, 6) is 0.799. The molecule has 0 fully saturated rings. The van der Waals surface area contributed by atoms with Gasteiger partial charge in [0, 0.05) is 5.02 Å². The van der Waals surface area contributed by atoms with E-state index in [1.165, 1.54) is 24.3 Å². The smallest absolute Gasteiger partial charge is 0.264 e. The fourth-order valence-corrected chi connectivity index (χ4v) is 5.05. The molecule has 0 unspecified atom stereocenters. The molecule has 1 atom stereocenters. The number of halogens is 1. The highest BCUT2D eigenvalue weighted by Crippen LogP contribution is 2.31. The van der Waals surface area contributed by atoms with Crippen LogP contribution in [0.15, 0.2) is 71.6 Å². The molecule has 34 heavy (non-hydrogen) atoms. The number of nitrogens with zero attached hydrogens (tertiary/aromatic N) is 1. The number of rotatable bonds is 7. The number of para-hydroxylation sites is 2. The third-order valence-electron chi connectivity index (χ3n) is 5.56. The Hall–Kier alpha value is -3.23. The SMILES string of the molecule is Cc1ccc(N(CC(=O)NC[C@H]2COc3ccccc3O2)S(=O)(=O)c2ccc(Cl)cc2)cc1C. The zero-order valence-corrected chi connectivity index (χ0v) is 20.4. The molecule has 9 heteroatoms. The first-order valence-corrected chi connectivity index (χ1v) is 12.6. The van der Waals surface area contributed by atoms with Crippen molar-refractivity contribution in [3.8, 4) is 11.5 Å². The van der Waals surface area contributed by atoms with Crippen LogP contribution in [0.25, 0.3) is 0 Å². The van der Waals surface area contributed by atoms with Gasteiger partial charge >= 0.3 is 0 Å². The predicted octanol–water partition coefficient (Wildman–Crippen LogP) is 4.11. The molecule has 0 aromatic heterocycles. The van der Waals surface area contributed by atoms with Crippen LogP contribution in [-0.4, -0.2) is 40.1 Å². The molecule has 0 bridgehead atoms. The molecule has 0 saturated heterocycles. The lowest BCUT2D eigenvalue weighted by atomic mass is 10.1. The summed E-state index contributed by atoms with van der Waals surface area (Å²) in [6.45, 7) is 3.90. The fourth-order valence-electron chi connectivity index (χ4n) is 3.51. The molecule has 1 N–H and O–H groups in total. The van der Waals surface area contributed by atoms with Crippen LogP contribution in [0.4, 0.5) is 5.69 Å². The Morgan fingerprint density at radius 1 is 1.03 bits per heavy atom. The molecule has 178 valence electrons. The van der Waals surface area contributed by atoms with Crippen molar-refractivity contribution in [3.63, 3.8) is 0 Å². The maximum absolute atomic E-state index is 13.5. The van der Waals surface area contributed by atoms with Gasteiger partial charge in [-0.2, -0.15) is 0 Å². The normalized spacial score (nSPS) is 15.0. The van der Waals surface area contributed by atoms with E-state index in [-0.39, 0.29) is 24.2 Å². The average molecular weight is 501 g/mol. The van der Waals surface area contributed by atoms with E-state index < -0.39 is 22.5 Å². The molecule has 0 radical (unpaired) electrons. The van der Waals surface area contributed by atoms with Gasteiger partial charge in [0.15, 0.2) is 11.5 Å². The topological polar surface area (TPSA) is 84.9 Å². The summed E-state index contributed by atoms with van der Waals surface area (Å²) < 4.78 is 39.6. The minimum atomic E-state index is -4.02. The highest BCUT2D eigenvalue weighted by molar-refractivity contribution is 7.92. The number of anilines is 1. The van der Waals surface area contributed by atoms with Crippen molar-refractivity contribution in [2.24, 2.45) is 0 Å². The van der Waals surface area contributed by atoms with Gasteiger partial charge in [0.1, 0.15) is 19.3 Å². The summed E-state index contributed by atoms with van der Waals surface area (Å²) in [6.07, 6.45) is -0.387. The number of hydrogen-bond donors (Lipinski definition) is 1. The van der Waals surface area contributed by atoms with Crippen LogP contribution < -0.4 is 19.1 Å². The first-order chi connectivity index (χ1) is 16.2. The van der Waals surface area contributed by atoms with Crippen LogP contribution in [0.3, 0.4) is 0 Å². The Kier molecular flexibility index (Phi) is 7.00. The molecule has 1 aliphatic heterocycles. The quantitative estimate of drug-likeness (QED) is 0.527. The van der Waals surface area contributed by atoms with Gasteiger partial charge in [0.25, 0.3) is 10.0 Å². The van der Waals surface area contributed by atoms with E-state index in [2.05, 4.69) is 5.32 Å². The number of fused-ring (bicyclic) bond motifs is 1. The largest absolute Gasteiger partial charge is 0.486 e. The predicted molar refractivity (Wildman–Crippen MR) is 131 cm³/mol. The van der Waals surface area contributed by atoms with Crippen molar-refractivity contribution >= 4 is 33.2 Å². The van der Waals surface area contributed by atoms with E-state index in [4.69, 9.17) is 21.1 Å². The monoisotopic (exact) mass is 500 g/mol. The molecule has 1 heterocycles. The molecule has 1 amide bonds. The Morgan fingerprint density at radius 3 is 2.44 bits per heavy atom. The van der Waals surface area contributed by atoms with Crippen LogP contribution in [0.5, 0.6) is 11.5 Å². The van der Waals surface area contributed by atoms with E-state index in [9.17, 15) is 13.2 Å². The molecular weight excluding hydrogens is 476 g/mol. The molecule has 0 spiro atoms. The van der Waals surface area contributed by atoms with Gasteiger partial charge in [-0.15, -0.1) is 0 Å². The third-order valence-corrected chi connectivity index (χ3v) is 7.60. The Balaban J connectivity index is 1.52. The minimum absolute atomic E-state index is 0.0450. The van der Waals surface area contributed by atoms with Crippen molar-refractivity contribution in [3.05, 3.63) is 82.9 Å². The second-order valence-electron chi connectivity index (χ2n) is 8.04. The number of benzene rings is 3. The number of sulfonamides is 1. The molecular formula is C25H25ClN2O5S. The van der Waals surface area contributed by atoms with Crippen LogP contribution in [-0.2, 0) is 14.8 Å². The van der Waals surface area contributed by atoms with Gasteiger partial charge in [-0.1, -0.05) is 29.8 Å². The second-order valence-corrected chi connectivity index (χ2v) is 10.3. The summed E-state index contributed by atoms with van der Waals surface area (Å²) in [6, 6.07) is 18.4. The maximum Gasteiger partial charge on any atom is 0.264 e. The molecule has 0 aliphatic carbocycles. The van der Waals surface area contributed by atoms with Gasteiger partial charge in [-0.25, -0.2) is 8.42 Å². The highest BCUT2D eigenvalue weighted by atomic mass is 35.5. The third kappa shape index (κ3) is 5.29. The summed E-state index contributed by atoms with van der Waals surface area (Å²) >= 11 is 5.93. The zero-order chi connectivity index (χ0) is 24.3. The van der Waals surface area contributed by atoms with E-state index in [0.29, 0.717) is 22.2 Å². The summed E-state index contributed by atoms with van der Waals surface area (Å²) in [7, 11) is -4.02. The van der Waals surface area contributed by atoms with Crippen LogP contribution in [0.2, 0.25) is 5.02 Å². The highest BCUT2D eigenvalue weighted by Gasteiger charge is 2.28. The first kappa shape index (κ1) is 23.9. The van der Waals surface area contributed by atoms with Crippen LogP contribution >= 0.6 is 11.6 Å².